The average molecular weight is 445 g/mol. The number of anilines is 2. The molecule has 0 radical (unpaired) electrons. The maximum atomic E-state index is 12.7. The maximum absolute atomic E-state index is 12.7. The Bertz CT molecular complexity index is 1080. The van der Waals surface area contributed by atoms with Crippen molar-refractivity contribution in [2.45, 2.75) is 18.7 Å². The first-order chi connectivity index (χ1) is 14.6. The number of hydrogen-bond acceptors (Lipinski definition) is 6. The van der Waals surface area contributed by atoms with E-state index in [4.69, 9.17) is 0 Å². The molecule has 0 bridgehead atoms. The third-order valence-electron chi connectivity index (χ3n) is 5.09. The van der Waals surface area contributed by atoms with E-state index in [2.05, 4.69) is 16.0 Å². The molecule has 3 rings (SSSR count). The molecule has 0 spiro atoms. The van der Waals surface area contributed by atoms with E-state index in [1.54, 1.807) is 30.3 Å². The monoisotopic (exact) mass is 444 g/mol. The van der Waals surface area contributed by atoms with Gasteiger partial charge in [0.1, 0.15) is 6.04 Å². The molecule has 1 aliphatic heterocycles. The lowest BCUT2D eigenvalue weighted by Gasteiger charge is -2.27. The minimum absolute atomic E-state index is 0.121. The molecule has 1 aliphatic rings. The molecule has 2 aromatic rings. The van der Waals surface area contributed by atoms with Crippen LogP contribution in [0, 0.1) is 6.92 Å². The van der Waals surface area contributed by atoms with E-state index in [1.807, 2.05) is 38.1 Å². The zero-order chi connectivity index (χ0) is 22.6. The fraction of sp³-hybridized carbons (Fsp3) is 0.364. The Morgan fingerprint density at radius 1 is 1.13 bits per heavy atom. The summed E-state index contributed by atoms with van der Waals surface area (Å²) in [5.41, 5.74) is 3.08. The van der Waals surface area contributed by atoms with Gasteiger partial charge in [0.25, 0.3) is 5.91 Å². The second-order valence-electron chi connectivity index (χ2n) is 7.99. The van der Waals surface area contributed by atoms with Crippen LogP contribution in [0.4, 0.5) is 11.4 Å². The number of carbonyl (C=O) groups excluding carboxylic acids is 2. The highest BCUT2D eigenvalue weighted by atomic mass is 32.2. The van der Waals surface area contributed by atoms with Gasteiger partial charge in [0.2, 0.25) is 5.91 Å². The number of nitrogens with one attached hydrogen (secondary N) is 3. The third kappa shape index (κ3) is 6.05. The van der Waals surface area contributed by atoms with E-state index < -0.39 is 21.8 Å². The topological polar surface area (TPSA) is 108 Å². The minimum atomic E-state index is -3.52. The van der Waals surface area contributed by atoms with Crippen LogP contribution in [0.25, 0.3) is 0 Å². The summed E-state index contributed by atoms with van der Waals surface area (Å²) in [4.78, 5) is 26.8. The van der Waals surface area contributed by atoms with Crippen molar-refractivity contribution >= 4 is 33.0 Å². The smallest absolute Gasteiger partial charge is 0.251 e. The lowest BCUT2D eigenvalue weighted by Crippen LogP contribution is -2.43. The van der Waals surface area contributed by atoms with Crippen LogP contribution >= 0.6 is 0 Å². The first kappa shape index (κ1) is 22.8. The van der Waals surface area contributed by atoms with Crippen LogP contribution in [0.15, 0.2) is 42.5 Å². The Balaban J connectivity index is 1.67. The molecule has 2 aromatic carbocycles. The van der Waals surface area contributed by atoms with Crippen molar-refractivity contribution in [2.24, 2.45) is 0 Å². The number of carbonyl (C=O) groups is 2. The molecule has 0 aliphatic carbocycles. The summed E-state index contributed by atoms with van der Waals surface area (Å²) in [5, 5.41) is 8.54. The summed E-state index contributed by atoms with van der Waals surface area (Å²) in [7, 11) is 0.318. The van der Waals surface area contributed by atoms with Crippen molar-refractivity contribution in [1.82, 2.24) is 10.2 Å². The Labute approximate surface area is 182 Å². The van der Waals surface area contributed by atoms with Crippen molar-refractivity contribution in [3.8, 4) is 0 Å². The Kier molecular flexibility index (Phi) is 6.97. The molecule has 31 heavy (non-hydrogen) atoms. The number of hydrogen-bond donors (Lipinski definition) is 3. The number of sulfone groups is 1. The van der Waals surface area contributed by atoms with Crippen molar-refractivity contribution in [3.05, 3.63) is 59.2 Å². The van der Waals surface area contributed by atoms with Crippen LogP contribution in [0.5, 0.6) is 0 Å². The SMILES string of the molecule is Cc1ccccc1CS(=O)(=O)CC1Nc2ccc(C(=O)NCCN(C)C)cc2NC1=O. The van der Waals surface area contributed by atoms with Crippen LogP contribution in [-0.4, -0.2) is 64.1 Å². The zero-order valence-corrected chi connectivity index (χ0v) is 18.8. The fourth-order valence-electron chi connectivity index (χ4n) is 3.32. The second kappa shape index (κ2) is 9.49. The number of benzene rings is 2. The highest BCUT2D eigenvalue weighted by Crippen LogP contribution is 2.28. The summed E-state index contributed by atoms with van der Waals surface area (Å²) < 4.78 is 25.4. The summed E-state index contributed by atoms with van der Waals surface area (Å²) in [6.07, 6.45) is 0. The molecule has 1 heterocycles. The Morgan fingerprint density at radius 2 is 1.87 bits per heavy atom. The highest BCUT2D eigenvalue weighted by molar-refractivity contribution is 7.90. The van der Waals surface area contributed by atoms with Gasteiger partial charge in [-0.1, -0.05) is 24.3 Å². The highest BCUT2D eigenvalue weighted by Gasteiger charge is 2.30. The van der Waals surface area contributed by atoms with E-state index in [1.165, 1.54) is 0 Å². The number of rotatable bonds is 8. The molecular formula is C22H28N4O4S. The predicted molar refractivity (Wildman–Crippen MR) is 122 cm³/mol. The first-order valence-electron chi connectivity index (χ1n) is 10.0. The van der Waals surface area contributed by atoms with Crippen LogP contribution in [0.3, 0.4) is 0 Å². The molecule has 166 valence electrons. The minimum Gasteiger partial charge on any atom is -0.371 e. The third-order valence-corrected chi connectivity index (χ3v) is 6.68. The zero-order valence-electron chi connectivity index (χ0n) is 17.9. The van der Waals surface area contributed by atoms with E-state index in [9.17, 15) is 18.0 Å². The number of nitrogens with zero attached hydrogens (tertiary/aromatic N) is 1. The van der Waals surface area contributed by atoms with Crippen molar-refractivity contribution in [2.75, 3.05) is 43.6 Å². The van der Waals surface area contributed by atoms with Gasteiger partial charge in [0, 0.05) is 18.7 Å². The maximum Gasteiger partial charge on any atom is 0.251 e. The van der Waals surface area contributed by atoms with Gasteiger partial charge in [-0.2, -0.15) is 0 Å². The van der Waals surface area contributed by atoms with Gasteiger partial charge in [-0.15, -0.1) is 0 Å². The number of likely N-dealkylation sites (N-methyl/N-ethyl adjacent to an activating group) is 1. The van der Waals surface area contributed by atoms with Gasteiger partial charge >= 0.3 is 0 Å². The molecule has 1 atom stereocenters. The number of fused-ring (bicyclic) bond motifs is 1. The first-order valence-corrected chi connectivity index (χ1v) is 11.9. The fourth-order valence-corrected chi connectivity index (χ4v) is 4.98. The van der Waals surface area contributed by atoms with Crippen molar-refractivity contribution in [3.63, 3.8) is 0 Å². The van der Waals surface area contributed by atoms with E-state index in [0.717, 1.165) is 11.1 Å². The molecule has 1 unspecified atom stereocenters. The lowest BCUT2D eigenvalue weighted by molar-refractivity contribution is -0.116. The van der Waals surface area contributed by atoms with Gasteiger partial charge in [0.05, 0.1) is 22.9 Å². The molecule has 0 fully saturated rings. The van der Waals surface area contributed by atoms with Crippen LogP contribution in [0.2, 0.25) is 0 Å². The van der Waals surface area contributed by atoms with Crippen LogP contribution in [0.1, 0.15) is 21.5 Å². The molecule has 2 amide bonds. The van der Waals surface area contributed by atoms with Gasteiger partial charge in [-0.25, -0.2) is 8.42 Å². The van der Waals surface area contributed by atoms with Crippen LogP contribution in [-0.2, 0) is 20.4 Å². The summed E-state index contributed by atoms with van der Waals surface area (Å²) in [5.74, 6) is -1.11. The number of amides is 2. The quantitative estimate of drug-likeness (QED) is 0.571. The van der Waals surface area contributed by atoms with Crippen molar-refractivity contribution in [1.29, 1.82) is 0 Å². The summed E-state index contributed by atoms with van der Waals surface area (Å²) in [6.45, 7) is 3.09. The Hall–Kier alpha value is -2.91. The number of aryl methyl sites for hydroxylation is 1. The predicted octanol–water partition coefficient (Wildman–Crippen LogP) is 1.63. The van der Waals surface area contributed by atoms with Gasteiger partial charge in [0.15, 0.2) is 9.84 Å². The molecule has 0 saturated carbocycles. The van der Waals surface area contributed by atoms with Crippen molar-refractivity contribution < 1.29 is 18.0 Å². The average Bonchev–Trinajstić information content (AvgIpc) is 2.69. The van der Waals surface area contributed by atoms with Gasteiger partial charge in [-0.3, -0.25) is 9.59 Å². The lowest BCUT2D eigenvalue weighted by atomic mass is 10.1. The van der Waals surface area contributed by atoms with Crippen LogP contribution < -0.4 is 16.0 Å². The molecule has 0 saturated heterocycles. The van der Waals surface area contributed by atoms with Gasteiger partial charge < -0.3 is 20.9 Å². The van der Waals surface area contributed by atoms with E-state index in [-0.39, 0.29) is 17.4 Å². The second-order valence-corrected chi connectivity index (χ2v) is 10.1. The molecule has 0 aromatic heterocycles. The molecule has 3 N–H and O–H groups in total. The summed E-state index contributed by atoms with van der Waals surface area (Å²) >= 11 is 0. The van der Waals surface area contributed by atoms with E-state index >= 15 is 0 Å². The molecule has 8 nitrogen and oxygen atoms in total. The molecule has 9 heteroatoms. The van der Waals surface area contributed by atoms with Gasteiger partial charge in [-0.05, 0) is 50.3 Å². The standard InChI is InChI=1S/C22H28N4O4S/c1-15-6-4-5-7-17(15)13-31(29,30)14-20-22(28)25-19-12-16(8-9-18(19)24-20)21(27)23-10-11-26(2)3/h4-9,12,20,24H,10-11,13-14H2,1-3H3,(H,23,27)(H,25,28). The largest absolute Gasteiger partial charge is 0.371 e. The summed E-state index contributed by atoms with van der Waals surface area (Å²) in [6, 6.07) is 11.3. The van der Waals surface area contributed by atoms with E-state index in [0.29, 0.717) is 30.0 Å². The normalized spacial score (nSPS) is 15.7. The Morgan fingerprint density at radius 3 is 2.58 bits per heavy atom. The molecular weight excluding hydrogens is 416 g/mol.